The van der Waals surface area contributed by atoms with Gasteiger partial charge in [-0.25, -0.2) is 0 Å². The van der Waals surface area contributed by atoms with E-state index in [-0.39, 0.29) is 0 Å². The summed E-state index contributed by atoms with van der Waals surface area (Å²) in [5.74, 6) is 0.311. The molecule has 0 unspecified atom stereocenters. The fourth-order valence-corrected chi connectivity index (χ4v) is 1.38. The van der Waals surface area contributed by atoms with Crippen LogP contribution in [0.25, 0.3) is 5.69 Å². The molecule has 0 atom stereocenters. The third-order valence-electron chi connectivity index (χ3n) is 2.09. The van der Waals surface area contributed by atoms with Gasteiger partial charge >= 0.3 is 0 Å². The SMILES string of the molecule is CCc1ccccc1-n1nnnc1N. The zero-order valence-electron chi connectivity index (χ0n) is 7.88. The molecule has 0 amide bonds. The Labute approximate surface area is 81.5 Å². The Kier molecular flexibility index (Phi) is 2.14. The Morgan fingerprint density at radius 1 is 1.36 bits per heavy atom. The van der Waals surface area contributed by atoms with E-state index in [1.54, 1.807) is 4.68 Å². The summed E-state index contributed by atoms with van der Waals surface area (Å²) in [6.45, 7) is 2.08. The lowest BCUT2D eigenvalue weighted by Gasteiger charge is -2.06. The van der Waals surface area contributed by atoms with Gasteiger partial charge in [0.15, 0.2) is 0 Å². The van der Waals surface area contributed by atoms with Crippen LogP contribution >= 0.6 is 0 Å². The molecule has 14 heavy (non-hydrogen) atoms. The van der Waals surface area contributed by atoms with Crippen LogP contribution in [0.5, 0.6) is 0 Å². The highest BCUT2D eigenvalue weighted by Gasteiger charge is 2.07. The van der Waals surface area contributed by atoms with Crippen molar-refractivity contribution in [3.05, 3.63) is 29.8 Å². The van der Waals surface area contributed by atoms with Crippen molar-refractivity contribution in [3.63, 3.8) is 0 Å². The first-order valence-electron chi connectivity index (χ1n) is 4.45. The average Bonchev–Trinajstić information content (AvgIpc) is 2.64. The fourth-order valence-electron chi connectivity index (χ4n) is 1.38. The lowest BCUT2D eigenvalue weighted by atomic mass is 10.1. The number of nitrogen functional groups attached to an aromatic ring is 1. The van der Waals surface area contributed by atoms with E-state index in [1.807, 2.05) is 24.3 Å². The van der Waals surface area contributed by atoms with Gasteiger partial charge in [-0.15, -0.1) is 0 Å². The molecular weight excluding hydrogens is 178 g/mol. The van der Waals surface area contributed by atoms with Gasteiger partial charge in [0, 0.05) is 0 Å². The van der Waals surface area contributed by atoms with E-state index in [2.05, 4.69) is 22.4 Å². The number of nitrogens with zero attached hydrogens (tertiary/aromatic N) is 4. The van der Waals surface area contributed by atoms with Gasteiger partial charge in [0.25, 0.3) is 0 Å². The topological polar surface area (TPSA) is 69.6 Å². The normalized spacial score (nSPS) is 10.4. The molecule has 72 valence electrons. The van der Waals surface area contributed by atoms with Crippen LogP contribution in [0.1, 0.15) is 12.5 Å². The fraction of sp³-hybridized carbons (Fsp3) is 0.222. The van der Waals surface area contributed by atoms with Gasteiger partial charge in [-0.05, 0) is 28.5 Å². The molecule has 2 rings (SSSR count). The number of para-hydroxylation sites is 1. The molecule has 5 nitrogen and oxygen atoms in total. The van der Waals surface area contributed by atoms with Gasteiger partial charge in [0.05, 0.1) is 5.69 Å². The summed E-state index contributed by atoms with van der Waals surface area (Å²) in [5, 5.41) is 11.0. The maximum atomic E-state index is 5.62. The molecule has 0 saturated carbocycles. The number of nitrogens with two attached hydrogens (primary N) is 1. The van der Waals surface area contributed by atoms with Crippen molar-refractivity contribution in [1.29, 1.82) is 0 Å². The van der Waals surface area contributed by atoms with Gasteiger partial charge in [-0.3, -0.25) is 0 Å². The molecule has 0 bridgehead atoms. The number of aromatic nitrogens is 4. The summed E-state index contributed by atoms with van der Waals surface area (Å²) in [6, 6.07) is 7.92. The molecule has 5 heteroatoms. The molecule has 0 radical (unpaired) electrons. The second kappa shape index (κ2) is 3.45. The van der Waals surface area contributed by atoms with E-state index in [9.17, 15) is 0 Å². The van der Waals surface area contributed by atoms with Gasteiger partial charge in [-0.2, -0.15) is 4.68 Å². The minimum absolute atomic E-state index is 0.311. The predicted molar refractivity (Wildman–Crippen MR) is 52.9 cm³/mol. The summed E-state index contributed by atoms with van der Waals surface area (Å²) in [5.41, 5.74) is 7.74. The van der Waals surface area contributed by atoms with Crippen LogP contribution in [0.2, 0.25) is 0 Å². The van der Waals surface area contributed by atoms with E-state index in [0.29, 0.717) is 5.95 Å². The van der Waals surface area contributed by atoms with Gasteiger partial charge < -0.3 is 5.73 Å². The van der Waals surface area contributed by atoms with Crippen LogP contribution in [-0.4, -0.2) is 20.2 Å². The monoisotopic (exact) mass is 189 g/mol. The molecule has 0 spiro atoms. The first-order valence-corrected chi connectivity index (χ1v) is 4.45. The highest BCUT2D eigenvalue weighted by Crippen LogP contribution is 2.15. The van der Waals surface area contributed by atoms with E-state index in [4.69, 9.17) is 5.73 Å². The summed E-state index contributed by atoms with van der Waals surface area (Å²) in [7, 11) is 0. The van der Waals surface area contributed by atoms with Crippen molar-refractivity contribution in [2.24, 2.45) is 0 Å². The average molecular weight is 189 g/mol. The minimum Gasteiger partial charge on any atom is -0.366 e. The van der Waals surface area contributed by atoms with Crippen molar-refractivity contribution in [2.45, 2.75) is 13.3 Å². The molecule has 2 N–H and O–H groups in total. The van der Waals surface area contributed by atoms with Crippen LogP contribution in [0.3, 0.4) is 0 Å². The van der Waals surface area contributed by atoms with Crippen LogP contribution in [0, 0.1) is 0 Å². The number of anilines is 1. The Hall–Kier alpha value is -1.91. The lowest BCUT2D eigenvalue weighted by Crippen LogP contribution is -2.05. The molecule has 0 aliphatic rings. The first kappa shape index (κ1) is 8.68. The smallest absolute Gasteiger partial charge is 0.245 e. The molecule has 1 aromatic heterocycles. The number of hydrogen-bond donors (Lipinski definition) is 1. The van der Waals surface area contributed by atoms with Crippen molar-refractivity contribution in [3.8, 4) is 5.69 Å². The summed E-state index contributed by atoms with van der Waals surface area (Å²) < 4.78 is 1.54. The highest BCUT2D eigenvalue weighted by molar-refractivity contribution is 5.43. The molecule has 0 aliphatic carbocycles. The highest BCUT2D eigenvalue weighted by atomic mass is 15.6. The van der Waals surface area contributed by atoms with Crippen LogP contribution in [0.15, 0.2) is 24.3 Å². The summed E-state index contributed by atoms with van der Waals surface area (Å²) in [6.07, 6.45) is 0.926. The largest absolute Gasteiger partial charge is 0.366 e. The zero-order valence-corrected chi connectivity index (χ0v) is 7.88. The molecule has 0 aliphatic heterocycles. The van der Waals surface area contributed by atoms with Crippen molar-refractivity contribution in [2.75, 3.05) is 5.73 Å². The maximum Gasteiger partial charge on any atom is 0.245 e. The number of hydrogen-bond acceptors (Lipinski definition) is 4. The molecule has 1 heterocycles. The van der Waals surface area contributed by atoms with Crippen molar-refractivity contribution < 1.29 is 0 Å². The summed E-state index contributed by atoms with van der Waals surface area (Å²) in [4.78, 5) is 0. The van der Waals surface area contributed by atoms with Crippen LogP contribution < -0.4 is 5.73 Å². The van der Waals surface area contributed by atoms with E-state index >= 15 is 0 Å². The maximum absolute atomic E-state index is 5.62. The number of tetrazole rings is 1. The van der Waals surface area contributed by atoms with Crippen LogP contribution in [0.4, 0.5) is 5.95 Å². The molecule has 2 aromatic rings. The van der Waals surface area contributed by atoms with Gasteiger partial charge in [0.2, 0.25) is 5.95 Å². The number of benzene rings is 1. The Balaban J connectivity index is 2.56. The van der Waals surface area contributed by atoms with E-state index < -0.39 is 0 Å². The quantitative estimate of drug-likeness (QED) is 0.758. The second-order valence-corrected chi connectivity index (χ2v) is 2.93. The Bertz CT molecular complexity index is 434. The summed E-state index contributed by atoms with van der Waals surface area (Å²) >= 11 is 0. The third kappa shape index (κ3) is 1.32. The Morgan fingerprint density at radius 3 is 2.79 bits per heavy atom. The van der Waals surface area contributed by atoms with Crippen molar-refractivity contribution in [1.82, 2.24) is 20.2 Å². The predicted octanol–water partition coefficient (Wildman–Crippen LogP) is 0.807. The van der Waals surface area contributed by atoms with E-state index in [1.165, 1.54) is 5.56 Å². The number of aryl methyl sites for hydroxylation is 1. The number of rotatable bonds is 2. The third-order valence-corrected chi connectivity index (χ3v) is 2.09. The molecule has 0 fully saturated rings. The van der Waals surface area contributed by atoms with Crippen molar-refractivity contribution >= 4 is 5.95 Å². The Morgan fingerprint density at radius 2 is 2.14 bits per heavy atom. The van der Waals surface area contributed by atoms with Crippen LogP contribution in [-0.2, 0) is 6.42 Å². The van der Waals surface area contributed by atoms with E-state index in [0.717, 1.165) is 12.1 Å². The molecular formula is C9H11N5. The standard InChI is InChI=1S/C9H11N5/c1-2-7-5-3-4-6-8(7)14-9(10)11-12-13-14/h3-6H,2H2,1H3,(H2,10,11,13). The molecule has 1 aromatic carbocycles. The lowest BCUT2D eigenvalue weighted by molar-refractivity contribution is 0.784. The zero-order chi connectivity index (χ0) is 9.97. The van der Waals surface area contributed by atoms with Gasteiger partial charge in [0.1, 0.15) is 0 Å². The first-order chi connectivity index (χ1) is 6.83. The van der Waals surface area contributed by atoms with Gasteiger partial charge in [-0.1, -0.05) is 30.2 Å². The molecule has 0 saturated heterocycles. The second-order valence-electron chi connectivity index (χ2n) is 2.93. The minimum atomic E-state index is 0.311.